The smallest absolute Gasteiger partial charge is 0.279 e. The molecular formula is C11H24N2O3S. The summed E-state index contributed by atoms with van der Waals surface area (Å²) in [6.45, 7) is 5.24. The molecule has 0 amide bonds. The highest BCUT2D eigenvalue weighted by molar-refractivity contribution is 7.87. The van der Waals surface area contributed by atoms with E-state index >= 15 is 0 Å². The van der Waals surface area contributed by atoms with Crippen molar-refractivity contribution in [2.45, 2.75) is 33.1 Å². The largest absolute Gasteiger partial charge is 0.396 e. The molecule has 0 heterocycles. The first kappa shape index (κ1) is 14.9. The molecule has 2 atom stereocenters. The molecule has 1 saturated carbocycles. The Labute approximate surface area is 104 Å². The Morgan fingerprint density at radius 1 is 1.24 bits per heavy atom. The van der Waals surface area contributed by atoms with Crippen LogP contribution in [0, 0.1) is 11.8 Å². The van der Waals surface area contributed by atoms with Gasteiger partial charge in [0.15, 0.2) is 0 Å². The zero-order chi connectivity index (χ0) is 12.9. The van der Waals surface area contributed by atoms with Crippen LogP contribution < -0.4 is 4.72 Å². The second-order valence-corrected chi connectivity index (χ2v) is 6.33. The van der Waals surface area contributed by atoms with Crippen LogP contribution in [0.3, 0.4) is 0 Å². The van der Waals surface area contributed by atoms with E-state index in [2.05, 4.69) is 4.72 Å². The van der Waals surface area contributed by atoms with Gasteiger partial charge in [-0.1, -0.05) is 20.3 Å². The Balaban J connectivity index is 2.49. The van der Waals surface area contributed by atoms with Crippen LogP contribution in [-0.2, 0) is 10.2 Å². The average molecular weight is 264 g/mol. The minimum Gasteiger partial charge on any atom is -0.396 e. The molecule has 1 fully saturated rings. The maximum absolute atomic E-state index is 11.9. The molecule has 17 heavy (non-hydrogen) atoms. The fourth-order valence-electron chi connectivity index (χ4n) is 2.49. The highest BCUT2D eigenvalue weighted by atomic mass is 32.2. The Morgan fingerprint density at radius 2 is 1.82 bits per heavy atom. The Kier molecular flexibility index (Phi) is 5.85. The van der Waals surface area contributed by atoms with E-state index in [0.29, 0.717) is 19.6 Å². The van der Waals surface area contributed by atoms with Crippen molar-refractivity contribution in [3.63, 3.8) is 0 Å². The van der Waals surface area contributed by atoms with Crippen molar-refractivity contribution in [1.82, 2.24) is 9.03 Å². The molecular weight excluding hydrogens is 240 g/mol. The van der Waals surface area contributed by atoms with E-state index in [1.165, 1.54) is 4.31 Å². The predicted octanol–water partition coefficient (Wildman–Crippen LogP) is 0.571. The molecule has 0 aromatic rings. The Bertz CT molecular complexity index is 315. The van der Waals surface area contributed by atoms with Gasteiger partial charge in [0.2, 0.25) is 0 Å². The summed E-state index contributed by atoms with van der Waals surface area (Å²) in [5, 5.41) is 9.18. The lowest BCUT2D eigenvalue weighted by Crippen LogP contribution is -2.42. The number of rotatable bonds is 7. The first-order chi connectivity index (χ1) is 8.05. The molecule has 1 aliphatic carbocycles. The van der Waals surface area contributed by atoms with E-state index in [9.17, 15) is 13.5 Å². The van der Waals surface area contributed by atoms with E-state index in [4.69, 9.17) is 0 Å². The summed E-state index contributed by atoms with van der Waals surface area (Å²) < 4.78 is 27.9. The normalized spacial score (nSPS) is 25.6. The number of hydrogen-bond donors (Lipinski definition) is 2. The summed E-state index contributed by atoms with van der Waals surface area (Å²) in [6, 6.07) is 0. The number of aliphatic hydroxyl groups is 1. The fourth-order valence-corrected chi connectivity index (χ4v) is 3.78. The lowest BCUT2D eigenvalue weighted by molar-refractivity contribution is 0.195. The predicted molar refractivity (Wildman–Crippen MR) is 67.8 cm³/mol. The van der Waals surface area contributed by atoms with E-state index in [0.717, 1.165) is 19.3 Å². The van der Waals surface area contributed by atoms with Crippen molar-refractivity contribution in [2.24, 2.45) is 11.8 Å². The minimum atomic E-state index is -3.34. The molecule has 1 rings (SSSR count). The first-order valence-electron chi connectivity index (χ1n) is 6.40. The zero-order valence-electron chi connectivity index (χ0n) is 10.7. The third kappa shape index (κ3) is 3.91. The SMILES string of the molecule is CCN(CC)S(=O)(=O)NCC1CCCC1CO. The summed E-state index contributed by atoms with van der Waals surface area (Å²) in [7, 11) is -3.34. The summed E-state index contributed by atoms with van der Waals surface area (Å²) in [5.74, 6) is 0.541. The monoisotopic (exact) mass is 264 g/mol. The highest BCUT2D eigenvalue weighted by Gasteiger charge is 2.28. The number of nitrogens with zero attached hydrogens (tertiary/aromatic N) is 1. The van der Waals surface area contributed by atoms with Crippen LogP contribution in [0.25, 0.3) is 0 Å². The molecule has 0 aliphatic heterocycles. The molecule has 0 aromatic carbocycles. The molecule has 6 heteroatoms. The van der Waals surface area contributed by atoms with Gasteiger partial charge < -0.3 is 5.11 Å². The molecule has 2 unspecified atom stereocenters. The van der Waals surface area contributed by atoms with E-state index < -0.39 is 10.2 Å². The molecule has 0 bridgehead atoms. The number of aliphatic hydroxyl groups excluding tert-OH is 1. The second-order valence-electron chi connectivity index (χ2n) is 4.57. The van der Waals surface area contributed by atoms with Crippen molar-refractivity contribution in [3.8, 4) is 0 Å². The van der Waals surface area contributed by atoms with Gasteiger partial charge in [0, 0.05) is 26.2 Å². The maximum atomic E-state index is 11.9. The van der Waals surface area contributed by atoms with Gasteiger partial charge in [0.05, 0.1) is 0 Å². The van der Waals surface area contributed by atoms with E-state index in [1.807, 2.05) is 13.8 Å². The summed E-state index contributed by atoms with van der Waals surface area (Å²) in [6.07, 6.45) is 3.10. The molecule has 102 valence electrons. The van der Waals surface area contributed by atoms with Crippen LogP contribution in [0.2, 0.25) is 0 Å². The Morgan fingerprint density at radius 3 is 2.35 bits per heavy atom. The molecule has 0 saturated heterocycles. The topological polar surface area (TPSA) is 69.6 Å². The first-order valence-corrected chi connectivity index (χ1v) is 7.84. The number of nitrogens with one attached hydrogen (secondary N) is 1. The van der Waals surface area contributed by atoms with Crippen molar-refractivity contribution < 1.29 is 13.5 Å². The number of hydrogen-bond acceptors (Lipinski definition) is 3. The van der Waals surface area contributed by atoms with Crippen molar-refractivity contribution in [3.05, 3.63) is 0 Å². The molecule has 2 N–H and O–H groups in total. The summed E-state index contributed by atoms with van der Waals surface area (Å²) in [4.78, 5) is 0. The third-order valence-electron chi connectivity index (χ3n) is 3.62. The molecule has 5 nitrogen and oxygen atoms in total. The van der Waals surface area contributed by atoms with Gasteiger partial charge in [-0.05, 0) is 24.7 Å². The standard InChI is InChI=1S/C11H24N2O3S/c1-3-13(4-2)17(15,16)12-8-10-6-5-7-11(10)9-14/h10-12,14H,3-9H2,1-2H3. The molecule has 0 spiro atoms. The van der Waals surface area contributed by atoms with Crippen molar-refractivity contribution in [2.75, 3.05) is 26.2 Å². The molecule has 1 aliphatic rings. The lowest BCUT2D eigenvalue weighted by atomic mass is 9.97. The quantitative estimate of drug-likeness (QED) is 0.706. The summed E-state index contributed by atoms with van der Waals surface area (Å²) in [5.41, 5.74) is 0. The van der Waals surface area contributed by atoms with E-state index in [1.54, 1.807) is 0 Å². The van der Waals surface area contributed by atoms with Crippen LogP contribution in [0.1, 0.15) is 33.1 Å². The average Bonchev–Trinajstić information content (AvgIpc) is 2.75. The van der Waals surface area contributed by atoms with Gasteiger partial charge in [-0.3, -0.25) is 0 Å². The third-order valence-corrected chi connectivity index (χ3v) is 5.35. The highest BCUT2D eigenvalue weighted by Crippen LogP contribution is 2.30. The fraction of sp³-hybridized carbons (Fsp3) is 1.00. The van der Waals surface area contributed by atoms with Crippen LogP contribution in [0.4, 0.5) is 0 Å². The van der Waals surface area contributed by atoms with Crippen LogP contribution >= 0.6 is 0 Å². The Hall–Kier alpha value is -0.170. The molecule has 0 aromatic heterocycles. The second kappa shape index (κ2) is 6.68. The van der Waals surface area contributed by atoms with Crippen molar-refractivity contribution >= 4 is 10.2 Å². The van der Waals surface area contributed by atoms with Gasteiger partial charge in [0.25, 0.3) is 10.2 Å². The van der Waals surface area contributed by atoms with Gasteiger partial charge >= 0.3 is 0 Å². The minimum absolute atomic E-state index is 0.164. The van der Waals surface area contributed by atoms with Gasteiger partial charge in [-0.15, -0.1) is 0 Å². The van der Waals surface area contributed by atoms with Crippen LogP contribution in [-0.4, -0.2) is 44.1 Å². The van der Waals surface area contributed by atoms with E-state index in [-0.39, 0.29) is 18.4 Å². The van der Waals surface area contributed by atoms with Gasteiger partial charge in [-0.2, -0.15) is 12.7 Å². The van der Waals surface area contributed by atoms with Crippen molar-refractivity contribution in [1.29, 1.82) is 0 Å². The van der Waals surface area contributed by atoms with Crippen LogP contribution in [0.15, 0.2) is 0 Å². The maximum Gasteiger partial charge on any atom is 0.279 e. The van der Waals surface area contributed by atoms with Gasteiger partial charge in [0.1, 0.15) is 0 Å². The van der Waals surface area contributed by atoms with Crippen LogP contribution in [0.5, 0.6) is 0 Å². The summed E-state index contributed by atoms with van der Waals surface area (Å²) >= 11 is 0. The lowest BCUT2D eigenvalue weighted by Gasteiger charge is -2.22. The zero-order valence-corrected chi connectivity index (χ0v) is 11.5. The van der Waals surface area contributed by atoms with Gasteiger partial charge in [-0.25, -0.2) is 4.72 Å². The molecule has 0 radical (unpaired) electrons.